The van der Waals surface area contributed by atoms with E-state index in [-0.39, 0.29) is 18.1 Å². The van der Waals surface area contributed by atoms with E-state index in [1.54, 1.807) is 30.3 Å². The van der Waals surface area contributed by atoms with Crippen LogP contribution in [0.3, 0.4) is 0 Å². The largest absolute Gasteiger partial charge is 0.493 e. The molecular weight excluding hydrogens is 461 g/mol. The Bertz CT molecular complexity index is 1230. The van der Waals surface area contributed by atoms with Crippen molar-refractivity contribution in [3.8, 4) is 5.75 Å². The minimum Gasteiger partial charge on any atom is -0.493 e. The van der Waals surface area contributed by atoms with E-state index in [9.17, 15) is 13.2 Å². The Labute approximate surface area is 191 Å². The Morgan fingerprint density at radius 3 is 2.58 bits per heavy atom. The molecule has 0 aliphatic carbocycles. The SMILES string of the molecule is COC(=O)c1cc(OCCCCS(=O)(=O)c2cccc(C)c2)c2c(Cl)cc(Cl)cc2n1. The summed E-state index contributed by atoms with van der Waals surface area (Å²) in [5.41, 5.74) is 1.36. The van der Waals surface area contributed by atoms with Crippen molar-refractivity contribution in [2.24, 2.45) is 0 Å². The van der Waals surface area contributed by atoms with Crippen molar-refractivity contribution >= 4 is 49.9 Å². The van der Waals surface area contributed by atoms with E-state index in [4.69, 9.17) is 32.7 Å². The molecule has 0 atom stereocenters. The highest BCUT2D eigenvalue weighted by Gasteiger charge is 2.17. The van der Waals surface area contributed by atoms with E-state index in [2.05, 4.69) is 4.98 Å². The molecule has 9 heteroatoms. The van der Waals surface area contributed by atoms with Crippen LogP contribution in [0.5, 0.6) is 5.75 Å². The Morgan fingerprint density at radius 2 is 1.87 bits per heavy atom. The maximum atomic E-state index is 12.5. The number of benzene rings is 2. The van der Waals surface area contributed by atoms with Crippen molar-refractivity contribution in [2.45, 2.75) is 24.7 Å². The number of aromatic nitrogens is 1. The molecule has 0 saturated carbocycles. The summed E-state index contributed by atoms with van der Waals surface area (Å²) in [6.45, 7) is 2.09. The number of pyridine rings is 1. The minimum atomic E-state index is -3.36. The monoisotopic (exact) mass is 481 g/mol. The quantitative estimate of drug-likeness (QED) is 0.321. The van der Waals surface area contributed by atoms with Gasteiger partial charge in [-0.25, -0.2) is 18.2 Å². The predicted octanol–water partition coefficient (Wildman–Crippen LogP) is 5.27. The summed E-state index contributed by atoms with van der Waals surface area (Å²) in [5.74, 6) is -0.249. The van der Waals surface area contributed by atoms with Crippen LogP contribution >= 0.6 is 23.2 Å². The van der Waals surface area contributed by atoms with Gasteiger partial charge in [-0.05, 0) is 49.6 Å². The zero-order chi connectivity index (χ0) is 22.6. The lowest BCUT2D eigenvalue weighted by molar-refractivity contribution is 0.0594. The first kappa shape index (κ1) is 23.3. The molecule has 0 unspecified atom stereocenters. The van der Waals surface area contributed by atoms with Crippen LogP contribution in [0.1, 0.15) is 28.9 Å². The number of hydrogen-bond donors (Lipinski definition) is 0. The van der Waals surface area contributed by atoms with Crippen LogP contribution < -0.4 is 4.74 Å². The Morgan fingerprint density at radius 1 is 1.10 bits per heavy atom. The molecule has 3 aromatic rings. The molecule has 1 aromatic heterocycles. The molecule has 0 aliphatic rings. The zero-order valence-electron chi connectivity index (χ0n) is 17.0. The van der Waals surface area contributed by atoms with E-state index in [1.165, 1.54) is 13.2 Å². The number of rotatable bonds is 8. The molecule has 6 nitrogen and oxygen atoms in total. The molecular formula is C22H21Cl2NO5S. The number of esters is 1. The highest BCUT2D eigenvalue weighted by atomic mass is 35.5. The molecule has 3 rings (SSSR count). The summed E-state index contributed by atoms with van der Waals surface area (Å²) in [6, 6.07) is 11.4. The van der Waals surface area contributed by atoms with Crippen LogP contribution in [0.15, 0.2) is 47.4 Å². The van der Waals surface area contributed by atoms with Crippen LogP contribution in [0.2, 0.25) is 10.0 Å². The van der Waals surface area contributed by atoms with Gasteiger partial charge in [0.15, 0.2) is 15.5 Å². The van der Waals surface area contributed by atoms with E-state index in [0.29, 0.717) is 44.4 Å². The summed E-state index contributed by atoms with van der Waals surface area (Å²) in [6.07, 6.45) is 0.913. The number of sulfone groups is 1. The fraction of sp³-hybridized carbons (Fsp3) is 0.273. The number of carbonyl (C=O) groups is 1. The van der Waals surface area contributed by atoms with Gasteiger partial charge >= 0.3 is 5.97 Å². The number of nitrogens with zero attached hydrogens (tertiary/aromatic N) is 1. The van der Waals surface area contributed by atoms with Gasteiger partial charge in [-0.3, -0.25) is 0 Å². The zero-order valence-corrected chi connectivity index (χ0v) is 19.4. The van der Waals surface area contributed by atoms with Crippen molar-refractivity contribution in [1.29, 1.82) is 0 Å². The molecule has 31 heavy (non-hydrogen) atoms. The summed E-state index contributed by atoms with van der Waals surface area (Å²) in [7, 11) is -2.10. The van der Waals surface area contributed by atoms with Crippen molar-refractivity contribution in [3.05, 3.63) is 63.8 Å². The van der Waals surface area contributed by atoms with Gasteiger partial charge in [0.25, 0.3) is 0 Å². The van der Waals surface area contributed by atoms with Gasteiger partial charge in [0.05, 0.1) is 40.3 Å². The van der Waals surface area contributed by atoms with Crippen LogP contribution in [-0.4, -0.2) is 38.8 Å². The predicted molar refractivity (Wildman–Crippen MR) is 121 cm³/mol. The molecule has 0 radical (unpaired) electrons. The summed E-state index contributed by atoms with van der Waals surface area (Å²) in [5, 5.41) is 1.23. The lowest BCUT2D eigenvalue weighted by Gasteiger charge is -2.12. The molecule has 0 aliphatic heterocycles. The van der Waals surface area contributed by atoms with Crippen molar-refractivity contribution in [2.75, 3.05) is 19.5 Å². The third-order valence-electron chi connectivity index (χ3n) is 4.60. The van der Waals surface area contributed by atoms with E-state index in [0.717, 1.165) is 5.56 Å². The number of fused-ring (bicyclic) bond motifs is 1. The van der Waals surface area contributed by atoms with Gasteiger partial charge < -0.3 is 9.47 Å². The van der Waals surface area contributed by atoms with Gasteiger partial charge in [0.2, 0.25) is 0 Å². The molecule has 0 bridgehead atoms. The van der Waals surface area contributed by atoms with E-state index in [1.807, 2.05) is 13.0 Å². The number of carbonyl (C=O) groups excluding carboxylic acids is 1. The number of ether oxygens (including phenoxy) is 2. The number of unbranched alkanes of at least 4 members (excludes halogenated alkanes) is 1. The van der Waals surface area contributed by atoms with Crippen LogP contribution in [-0.2, 0) is 14.6 Å². The molecule has 1 heterocycles. The molecule has 0 spiro atoms. The molecule has 2 aromatic carbocycles. The number of methoxy groups -OCH3 is 1. The molecule has 164 valence electrons. The lowest BCUT2D eigenvalue weighted by atomic mass is 10.1. The molecule has 0 fully saturated rings. The second-order valence-electron chi connectivity index (χ2n) is 6.97. The maximum absolute atomic E-state index is 12.5. The highest BCUT2D eigenvalue weighted by molar-refractivity contribution is 7.91. The smallest absolute Gasteiger partial charge is 0.356 e. The van der Waals surface area contributed by atoms with Crippen molar-refractivity contribution < 1.29 is 22.7 Å². The number of aryl methyl sites for hydroxylation is 1. The Balaban J connectivity index is 1.71. The molecule has 0 N–H and O–H groups in total. The summed E-state index contributed by atoms with van der Waals surface area (Å²) in [4.78, 5) is 16.5. The van der Waals surface area contributed by atoms with Gasteiger partial charge in [0.1, 0.15) is 5.75 Å². The second kappa shape index (κ2) is 9.85. The minimum absolute atomic E-state index is 0.0146. The first-order valence-corrected chi connectivity index (χ1v) is 11.9. The average molecular weight is 482 g/mol. The van der Waals surface area contributed by atoms with Gasteiger partial charge in [-0.2, -0.15) is 0 Å². The third-order valence-corrected chi connectivity index (χ3v) is 6.91. The number of hydrogen-bond acceptors (Lipinski definition) is 6. The fourth-order valence-electron chi connectivity index (χ4n) is 3.08. The Kier molecular flexibility index (Phi) is 7.41. The Hall–Kier alpha value is -2.35. The first-order valence-electron chi connectivity index (χ1n) is 9.51. The van der Waals surface area contributed by atoms with Crippen molar-refractivity contribution in [1.82, 2.24) is 4.98 Å². The lowest BCUT2D eigenvalue weighted by Crippen LogP contribution is -2.09. The second-order valence-corrected chi connectivity index (χ2v) is 9.92. The fourth-order valence-corrected chi connectivity index (χ4v) is 5.12. The van der Waals surface area contributed by atoms with Gasteiger partial charge in [-0.1, -0.05) is 35.3 Å². The topological polar surface area (TPSA) is 82.6 Å². The average Bonchev–Trinajstić information content (AvgIpc) is 2.72. The normalized spacial score (nSPS) is 11.5. The highest BCUT2D eigenvalue weighted by Crippen LogP contribution is 2.35. The van der Waals surface area contributed by atoms with E-state index >= 15 is 0 Å². The van der Waals surface area contributed by atoms with E-state index < -0.39 is 15.8 Å². The number of halogens is 2. The van der Waals surface area contributed by atoms with Crippen LogP contribution in [0.25, 0.3) is 10.9 Å². The third kappa shape index (κ3) is 5.67. The maximum Gasteiger partial charge on any atom is 0.356 e. The first-order chi connectivity index (χ1) is 14.7. The summed E-state index contributed by atoms with van der Waals surface area (Å²) < 4.78 is 35.6. The standard InChI is InChI=1S/C22H21Cl2NO5S/c1-14-6-5-7-16(10-14)31(27,28)9-4-3-8-30-20-13-19(22(26)29-2)25-18-12-15(23)11-17(24)21(18)20/h5-7,10-13H,3-4,8-9H2,1-2H3. The van der Waals surface area contributed by atoms with Gasteiger partial charge in [-0.15, -0.1) is 0 Å². The molecule has 0 saturated heterocycles. The van der Waals surface area contributed by atoms with Crippen LogP contribution in [0.4, 0.5) is 0 Å². The van der Waals surface area contributed by atoms with Gasteiger partial charge in [0, 0.05) is 11.1 Å². The van der Waals surface area contributed by atoms with Crippen molar-refractivity contribution in [3.63, 3.8) is 0 Å². The molecule has 0 amide bonds. The summed E-state index contributed by atoms with van der Waals surface area (Å²) >= 11 is 12.4. The van der Waals surface area contributed by atoms with Crippen LogP contribution in [0, 0.1) is 6.92 Å².